The van der Waals surface area contributed by atoms with Crippen LogP contribution in [0.15, 0.2) is 36.4 Å². The summed E-state index contributed by atoms with van der Waals surface area (Å²) in [6.07, 6.45) is 0. The molecule has 0 amide bonds. The van der Waals surface area contributed by atoms with Crippen LogP contribution in [0.3, 0.4) is 0 Å². The van der Waals surface area contributed by atoms with Gasteiger partial charge in [-0.3, -0.25) is 0 Å². The van der Waals surface area contributed by atoms with E-state index in [9.17, 15) is 0 Å². The van der Waals surface area contributed by atoms with Gasteiger partial charge in [-0.2, -0.15) is 0 Å². The van der Waals surface area contributed by atoms with Crippen molar-refractivity contribution >= 4 is 11.6 Å². The third-order valence-electron chi connectivity index (χ3n) is 3.61. The number of nitrogens with one attached hydrogen (secondary N) is 1. The highest BCUT2D eigenvalue weighted by Gasteiger charge is 2.16. The van der Waals surface area contributed by atoms with Gasteiger partial charge in [0.1, 0.15) is 5.75 Å². The molecular formula is C18H22ClNO. The Morgan fingerprint density at radius 2 is 1.76 bits per heavy atom. The predicted molar refractivity (Wildman–Crippen MR) is 89.4 cm³/mol. The Kier molecular flexibility index (Phi) is 5.27. The molecular weight excluding hydrogens is 282 g/mol. The van der Waals surface area contributed by atoms with E-state index in [4.69, 9.17) is 16.3 Å². The summed E-state index contributed by atoms with van der Waals surface area (Å²) < 4.78 is 5.45. The maximum atomic E-state index is 6.14. The van der Waals surface area contributed by atoms with Gasteiger partial charge in [-0.15, -0.1) is 0 Å². The summed E-state index contributed by atoms with van der Waals surface area (Å²) in [7, 11) is 1.72. The lowest BCUT2D eigenvalue weighted by Gasteiger charge is -2.21. The number of hydrogen-bond acceptors (Lipinski definition) is 2. The van der Waals surface area contributed by atoms with E-state index in [1.54, 1.807) is 7.11 Å². The van der Waals surface area contributed by atoms with Crippen LogP contribution in [0.4, 0.5) is 0 Å². The molecule has 0 aromatic heterocycles. The smallest absolute Gasteiger partial charge is 0.124 e. The molecule has 0 fully saturated rings. The van der Waals surface area contributed by atoms with Crippen molar-refractivity contribution in [3.05, 3.63) is 63.7 Å². The number of ether oxygens (including phenoxy) is 1. The summed E-state index contributed by atoms with van der Waals surface area (Å²) in [5, 5.41) is 4.30. The van der Waals surface area contributed by atoms with Crippen LogP contribution in [0.25, 0.3) is 0 Å². The van der Waals surface area contributed by atoms with Crippen molar-refractivity contribution in [2.45, 2.75) is 26.8 Å². The summed E-state index contributed by atoms with van der Waals surface area (Å²) in [6, 6.07) is 12.5. The van der Waals surface area contributed by atoms with E-state index in [0.717, 1.165) is 28.4 Å². The zero-order chi connectivity index (χ0) is 15.4. The van der Waals surface area contributed by atoms with E-state index < -0.39 is 0 Å². The molecule has 0 aliphatic rings. The normalized spacial score (nSPS) is 12.2. The van der Waals surface area contributed by atoms with Crippen molar-refractivity contribution in [2.24, 2.45) is 0 Å². The highest BCUT2D eigenvalue weighted by molar-refractivity contribution is 6.30. The molecule has 1 N–H and O–H groups in total. The Hall–Kier alpha value is -1.51. The molecule has 2 aromatic carbocycles. The van der Waals surface area contributed by atoms with E-state index in [-0.39, 0.29) is 6.04 Å². The Balaban J connectivity index is 2.48. The summed E-state index contributed by atoms with van der Waals surface area (Å²) in [5.41, 5.74) is 4.71. The second-order valence-corrected chi connectivity index (χ2v) is 5.67. The molecule has 2 aromatic rings. The first kappa shape index (κ1) is 15.9. The van der Waals surface area contributed by atoms with Crippen molar-refractivity contribution in [3.63, 3.8) is 0 Å². The molecule has 2 nitrogen and oxygen atoms in total. The Bertz CT molecular complexity index is 601. The SMILES string of the molecule is CCNC(c1cccc(Cl)c1)c1cc(C)c(OC)c(C)c1. The number of aryl methyl sites for hydroxylation is 2. The van der Waals surface area contributed by atoms with Gasteiger partial charge in [-0.25, -0.2) is 0 Å². The molecule has 0 saturated carbocycles. The average molecular weight is 304 g/mol. The molecule has 0 bridgehead atoms. The highest BCUT2D eigenvalue weighted by atomic mass is 35.5. The fourth-order valence-corrected chi connectivity index (χ4v) is 2.99. The fourth-order valence-electron chi connectivity index (χ4n) is 2.79. The van der Waals surface area contributed by atoms with Crippen LogP contribution >= 0.6 is 11.6 Å². The number of methoxy groups -OCH3 is 1. The number of rotatable bonds is 5. The molecule has 0 aliphatic carbocycles. The van der Waals surface area contributed by atoms with Crippen molar-refractivity contribution in [3.8, 4) is 5.75 Å². The molecule has 0 heterocycles. The van der Waals surface area contributed by atoms with Crippen molar-refractivity contribution < 1.29 is 4.74 Å². The fraction of sp³-hybridized carbons (Fsp3) is 0.333. The second kappa shape index (κ2) is 6.97. The molecule has 3 heteroatoms. The topological polar surface area (TPSA) is 21.3 Å². The lowest BCUT2D eigenvalue weighted by atomic mass is 9.95. The maximum absolute atomic E-state index is 6.14. The van der Waals surface area contributed by atoms with Gasteiger partial charge in [-0.05, 0) is 54.8 Å². The number of benzene rings is 2. The third-order valence-corrected chi connectivity index (χ3v) is 3.85. The summed E-state index contributed by atoms with van der Waals surface area (Å²) in [5.74, 6) is 0.958. The van der Waals surface area contributed by atoms with Crippen molar-refractivity contribution in [1.29, 1.82) is 0 Å². The lowest BCUT2D eigenvalue weighted by molar-refractivity contribution is 0.408. The zero-order valence-electron chi connectivity index (χ0n) is 13.0. The largest absolute Gasteiger partial charge is 0.496 e. The summed E-state index contributed by atoms with van der Waals surface area (Å²) >= 11 is 6.14. The average Bonchev–Trinajstić information content (AvgIpc) is 2.44. The second-order valence-electron chi connectivity index (χ2n) is 5.23. The first-order valence-electron chi connectivity index (χ1n) is 7.20. The minimum absolute atomic E-state index is 0.136. The molecule has 2 rings (SSSR count). The van der Waals surface area contributed by atoms with E-state index in [2.05, 4.69) is 44.3 Å². The Morgan fingerprint density at radius 3 is 2.29 bits per heavy atom. The Morgan fingerprint density at radius 1 is 1.10 bits per heavy atom. The van der Waals surface area contributed by atoms with Crippen LogP contribution in [0.1, 0.15) is 35.2 Å². The minimum atomic E-state index is 0.136. The van der Waals surface area contributed by atoms with Crippen LogP contribution < -0.4 is 10.1 Å². The van der Waals surface area contributed by atoms with E-state index in [0.29, 0.717) is 0 Å². The van der Waals surface area contributed by atoms with E-state index in [1.165, 1.54) is 11.1 Å². The predicted octanol–water partition coefficient (Wildman–Crippen LogP) is 4.66. The van der Waals surface area contributed by atoms with E-state index in [1.807, 2.05) is 18.2 Å². The number of hydrogen-bond donors (Lipinski definition) is 1. The molecule has 21 heavy (non-hydrogen) atoms. The lowest BCUT2D eigenvalue weighted by Crippen LogP contribution is -2.22. The summed E-state index contributed by atoms with van der Waals surface area (Å²) in [6.45, 7) is 7.16. The van der Waals surface area contributed by atoms with E-state index >= 15 is 0 Å². The van der Waals surface area contributed by atoms with Crippen molar-refractivity contribution in [2.75, 3.05) is 13.7 Å². The summed E-state index contributed by atoms with van der Waals surface area (Å²) in [4.78, 5) is 0. The van der Waals surface area contributed by atoms with Gasteiger partial charge in [0.25, 0.3) is 0 Å². The molecule has 1 atom stereocenters. The zero-order valence-corrected chi connectivity index (χ0v) is 13.8. The van der Waals surface area contributed by atoms with Gasteiger partial charge in [0.2, 0.25) is 0 Å². The molecule has 0 aliphatic heterocycles. The third kappa shape index (κ3) is 3.58. The molecule has 1 unspecified atom stereocenters. The van der Waals surface area contributed by atoms with Crippen LogP contribution in [0.2, 0.25) is 5.02 Å². The standard InChI is InChI=1S/C18H22ClNO/c1-5-20-17(14-7-6-8-16(19)11-14)15-9-12(2)18(21-4)13(3)10-15/h6-11,17,20H,5H2,1-4H3. The van der Waals surface area contributed by atoms with Crippen molar-refractivity contribution in [1.82, 2.24) is 5.32 Å². The molecule has 112 valence electrons. The van der Waals surface area contributed by atoms with Crippen LogP contribution in [-0.4, -0.2) is 13.7 Å². The molecule has 0 spiro atoms. The van der Waals surface area contributed by atoms with Gasteiger partial charge in [0.15, 0.2) is 0 Å². The minimum Gasteiger partial charge on any atom is -0.496 e. The van der Waals surface area contributed by atoms with Crippen LogP contribution in [0.5, 0.6) is 5.75 Å². The first-order valence-corrected chi connectivity index (χ1v) is 7.58. The van der Waals surface area contributed by atoms with Gasteiger partial charge in [0.05, 0.1) is 13.2 Å². The number of halogens is 1. The highest BCUT2D eigenvalue weighted by Crippen LogP contribution is 2.30. The van der Waals surface area contributed by atoms with Crippen LogP contribution in [-0.2, 0) is 0 Å². The van der Waals surface area contributed by atoms with Crippen LogP contribution in [0, 0.1) is 13.8 Å². The van der Waals surface area contributed by atoms with Gasteiger partial charge in [0, 0.05) is 5.02 Å². The first-order chi connectivity index (χ1) is 10.1. The molecule has 0 saturated heterocycles. The van der Waals surface area contributed by atoms with Gasteiger partial charge in [-0.1, -0.05) is 42.8 Å². The monoisotopic (exact) mass is 303 g/mol. The maximum Gasteiger partial charge on any atom is 0.124 e. The van der Waals surface area contributed by atoms with Gasteiger partial charge >= 0.3 is 0 Å². The van der Waals surface area contributed by atoms with Gasteiger partial charge < -0.3 is 10.1 Å². The quantitative estimate of drug-likeness (QED) is 0.867. The Labute approximate surface area is 132 Å². The molecule has 0 radical (unpaired) electrons.